The fraction of sp³-hybridized carbons (Fsp3) is 0.235. The molecule has 0 spiro atoms. The zero-order valence-corrected chi connectivity index (χ0v) is 12.9. The third-order valence-corrected chi connectivity index (χ3v) is 5.19. The lowest BCUT2D eigenvalue weighted by Crippen LogP contribution is -2.40. The Hall–Kier alpha value is -1.98. The van der Waals surface area contributed by atoms with Crippen molar-refractivity contribution >= 4 is 15.9 Å². The van der Waals surface area contributed by atoms with Crippen LogP contribution in [0.1, 0.15) is 24.0 Å². The van der Waals surface area contributed by atoms with Gasteiger partial charge in [-0.25, -0.2) is 0 Å². The zero-order chi connectivity index (χ0) is 15.8. The molecule has 22 heavy (non-hydrogen) atoms. The largest absolute Gasteiger partial charge is 0.295 e. The van der Waals surface area contributed by atoms with Crippen LogP contribution >= 0.6 is 0 Å². The van der Waals surface area contributed by atoms with Crippen LogP contribution in [0.5, 0.6) is 0 Å². The van der Waals surface area contributed by atoms with Crippen molar-refractivity contribution in [3.8, 4) is 0 Å². The Balaban J connectivity index is 2.17. The number of rotatable bonds is 3. The summed E-state index contributed by atoms with van der Waals surface area (Å²) in [6, 6.07) is 18.7. The highest BCUT2D eigenvalue weighted by Gasteiger charge is 2.53. The van der Waals surface area contributed by atoms with E-state index in [2.05, 4.69) is 0 Å². The van der Waals surface area contributed by atoms with Crippen molar-refractivity contribution in [2.75, 3.05) is 5.75 Å². The lowest BCUT2D eigenvalue weighted by Gasteiger charge is -2.31. The molecule has 2 aromatic carbocycles. The number of ketones is 1. The van der Waals surface area contributed by atoms with Gasteiger partial charge < -0.3 is 0 Å². The summed E-state index contributed by atoms with van der Waals surface area (Å²) in [6.07, 6.45) is 0. The number of benzene rings is 2. The van der Waals surface area contributed by atoms with Crippen molar-refractivity contribution in [1.29, 1.82) is 0 Å². The number of hydrogen-bond acceptors (Lipinski definition) is 4. The van der Waals surface area contributed by atoms with E-state index in [9.17, 15) is 13.2 Å². The van der Waals surface area contributed by atoms with Crippen LogP contribution in [0, 0.1) is 0 Å². The highest BCUT2D eigenvalue weighted by molar-refractivity contribution is 7.88. The smallest absolute Gasteiger partial charge is 0.275 e. The number of carbonyl (C=O) groups is 1. The molecule has 1 aliphatic rings. The van der Waals surface area contributed by atoms with Crippen LogP contribution in [0.4, 0.5) is 0 Å². The Morgan fingerprint density at radius 2 is 1.41 bits per heavy atom. The summed E-state index contributed by atoms with van der Waals surface area (Å²) in [5.41, 5.74) is 0.282. The molecule has 1 atom stereocenters. The minimum atomic E-state index is -3.81. The number of hydrogen-bond donors (Lipinski definition) is 0. The second kappa shape index (κ2) is 5.34. The Bertz CT molecular complexity index is 744. The van der Waals surface area contributed by atoms with Crippen molar-refractivity contribution < 1.29 is 17.4 Å². The summed E-state index contributed by atoms with van der Waals surface area (Å²) in [4.78, 5) is 12.4. The Morgan fingerprint density at radius 3 is 1.77 bits per heavy atom. The lowest BCUT2D eigenvalue weighted by atomic mass is 9.76. The normalized spacial score (nSPS) is 23.8. The molecule has 5 heteroatoms. The summed E-state index contributed by atoms with van der Waals surface area (Å²) in [6.45, 7) is 1.56. The molecule has 3 rings (SSSR count). The standard InChI is InChI=1S/C17H16O4S/c1-17(15(18)12-22(19,20)21-17)16(13-8-4-2-5-9-13)14-10-6-3-7-11-14/h2-11,16H,12H2,1H3. The van der Waals surface area contributed by atoms with E-state index in [0.717, 1.165) is 11.1 Å². The molecule has 0 aliphatic carbocycles. The van der Waals surface area contributed by atoms with Crippen LogP contribution < -0.4 is 0 Å². The van der Waals surface area contributed by atoms with Gasteiger partial charge >= 0.3 is 0 Å². The molecule has 0 N–H and O–H groups in total. The summed E-state index contributed by atoms with van der Waals surface area (Å²) < 4.78 is 28.8. The average molecular weight is 316 g/mol. The molecule has 0 amide bonds. The first kappa shape index (κ1) is 14.9. The van der Waals surface area contributed by atoms with E-state index in [1.807, 2.05) is 60.7 Å². The first-order chi connectivity index (χ1) is 10.4. The molecule has 0 bridgehead atoms. The third kappa shape index (κ3) is 2.58. The Kier molecular flexibility index (Phi) is 3.62. The molecular formula is C17H16O4S. The van der Waals surface area contributed by atoms with E-state index in [4.69, 9.17) is 4.18 Å². The van der Waals surface area contributed by atoms with E-state index in [1.54, 1.807) is 6.92 Å². The van der Waals surface area contributed by atoms with Crippen LogP contribution in [0.2, 0.25) is 0 Å². The van der Waals surface area contributed by atoms with Gasteiger partial charge in [0.15, 0.2) is 11.4 Å². The maximum Gasteiger partial charge on any atom is 0.275 e. The molecule has 2 aromatic rings. The highest BCUT2D eigenvalue weighted by Crippen LogP contribution is 2.42. The maximum absolute atomic E-state index is 12.4. The molecule has 1 aliphatic heterocycles. The second-order valence-corrected chi connectivity index (χ2v) is 7.14. The van der Waals surface area contributed by atoms with Crippen LogP contribution in [0.3, 0.4) is 0 Å². The molecule has 114 valence electrons. The van der Waals surface area contributed by atoms with E-state index in [-0.39, 0.29) is 0 Å². The number of carbonyl (C=O) groups excluding carboxylic acids is 1. The highest BCUT2D eigenvalue weighted by atomic mass is 32.2. The predicted molar refractivity (Wildman–Crippen MR) is 83.0 cm³/mol. The van der Waals surface area contributed by atoms with Gasteiger partial charge in [-0.3, -0.25) is 8.98 Å². The van der Waals surface area contributed by atoms with Crippen LogP contribution in [-0.2, 0) is 19.1 Å². The van der Waals surface area contributed by atoms with Crippen molar-refractivity contribution in [2.24, 2.45) is 0 Å². The van der Waals surface area contributed by atoms with E-state index >= 15 is 0 Å². The molecule has 1 unspecified atom stereocenters. The minimum Gasteiger partial charge on any atom is -0.295 e. The quantitative estimate of drug-likeness (QED) is 0.816. The van der Waals surface area contributed by atoms with Gasteiger partial charge in [-0.1, -0.05) is 60.7 Å². The molecule has 0 aromatic heterocycles. The molecule has 1 saturated heterocycles. The SMILES string of the molecule is CC1(C(c2ccccc2)c2ccccc2)OS(=O)(=O)CC1=O. The Labute approximate surface area is 129 Å². The second-order valence-electron chi connectivity index (χ2n) is 5.57. The third-order valence-electron chi connectivity index (χ3n) is 3.98. The van der Waals surface area contributed by atoms with Crippen LogP contribution in [0.15, 0.2) is 60.7 Å². The number of Topliss-reactive ketones (excluding diaryl/α,β-unsaturated/α-hetero) is 1. The predicted octanol–water partition coefficient (Wildman–Crippen LogP) is 2.51. The molecule has 0 radical (unpaired) electrons. The average Bonchev–Trinajstić information content (AvgIpc) is 2.69. The van der Waals surface area contributed by atoms with E-state index in [1.165, 1.54) is 0 Å². The van der Waals surface area contributed by atoms with Crippen molar-refractivity contribution in [3.63, 3.8) is 0 Å². The molecular weight excluding hydrogens is 300 g/mol. The van der Waals surface area contributed by atoms with Crippen molar-refractivity contribution in [2.45, 2.75) is 18.4 Å². The van der Waals surface area contributed by atoms with Gasteiger partial charge in [0.05, 0.1) is 0 Å². The summed E-state index contributed by atoms with van der Waals surface area (Å²) in [7, 11) is -3.81. The van der Waals surface area contributed by atoms with E-state index < -0.39 is 33.2 Å². The zero-order valence-electron chi connectivity index (χ0n) is 12.1. The van der Waals surface area contributed by atoms with Gasteiger partial charge in [0.1, 0.15) is 5.75 Å². The fourth-order valence-electron chi connectivity index (χ4n) is 2.97. The monoisotopic (exact) mass is 316 g/mol. The van der Waals surface area contributed by atoms with Gasteiger partial charge in [-0.15, -0.1) is 0 Å². The first-order valence-corrected chi connectivity index (χ1v) is 8.57. The minimum absolute atomic E-state index is 0.412. The first-order valence-electron chi connectivity index (χ1n) is 6.99. The summed E-state index contributed by atoms with van der Waals surface area (Å²) >= 11 is 0. The molecule has 4 nitrogen and oxygen atoms in total. The van der Waals surface area contributed by atoms with E-state index in [0.29, 0.717) is 0 Å². The van der Waals surface area contributed by atoms with Crippen LogP contribution in [-0.4, -0.2) is 25.6 Å². The Morgan fingerprint density at radius 1 is 0.955 bits per heavy atom. The van der Waals surface area contributed by atoms with Crippen molar-refractivity contribution in [1.82, 2.24) is 0 Å². The fourth-order valence-corrected chi connectivity index (χ4v) is 4.36. The molecule has 0 saturated carbocycles. The lowest BCUT2D eigenvalue weighted by molar-refractivity contribution is -0.128. The summed E-state index contributed by atoms with van der Waals surface area (Å²) in [5, 5.41) is 0. The van der Waals surface area contributed by atoms with Gasteiger partial charge in [-0.2, -0.15) is 8.42 Å². The van der Waals surface area contributed by atoms with Crippen molar-refractivity contribution in [3.05, 3.63) is 71.8 Å². The topological polar surface area (TPSA) is 60.4 Å². The van der Waals surface area contributed by atoms with Gasteiger partial charge in [0, 0.05) is 5.92 Å². The molecule has 1 fully saturated rings. The molecule has 1 heterocycles. The van der Waals surface area contributed by atoms with Gasteiger partial charge in [0.2, 0.25) is 0 Å². The van der Waals surface area contributed by atoms with Gasteiger partial charge in [0.25, 0.3) is 10.1 Å². The maximum atomic E-state index is 12.4. The summed E-state index contributed by atoms with van der Waals surface area (Å²) in [5.74, 6) is -1.45. The van der Waals surface area contributed by atoms with Gasteiger partial charge in [-0.05, 0) is 18.1 Å². The van der Waals surface area contributed by atoms with Crippen LogP contribution in [0.25, 0.3) is 0 Å².